The number of methoxy groups -OCH3 is 1. The van der Waals surface area contributed by atoms with Crippen LogP contribution in [-0.2, 0) is 7.05 Å². The van der Waals surface area contributed by atoms with Gasteiger partial charge in [-0.25, -0.2) is 0 Å². The first-order chi connectivity index (χ1) is 8.81. The molecule has 0 radical (unpaired) electrons. The fourth-order valence-corrected chi connectivity index (χ4v) is 3.04. The number of nitrogens with one attached hydrogen (secondary N) is 1. The van der Waals surface area contributed by atoms with E-state index in [-0.39, 0.29) is 0 Å². The molecule has 0 unspecified atom stereocenters. The minimum Gasteiger partial charge on any atom is -0.496 e. The predicted molar refractivity (Wildman–Crippen MR) is 74.3 cm³/mol. The van der Waals surface area contributed by atoms with E-state index in [0.29, 0.717) is 5.92 Å². The Kier molecular flexibility index (Phi) is 3.00. The Hall–Kier alpha value is -1.48. The zero-order valence-corrected chi connectivity index (χ0v) is 11.1. The Morgan fingerprint density at radius 2 is 2.06 bits per heavy atom. The zero-order chi connectivity index (χ0) is 12.5. The van der Waals surface area contributed by atoms with Crippen LogP contribution in [0.4, 0.5) is 0 Å². The van der Waals surface area contributed by atoms with Crippen LogP contribution in [0.2, 0.25) is 0 Å². The van der Waals surface area contributed by atoms with E-state index >= 15 is 0 Å². The second-order valence-electron chi connectivity index (χ2n) is 5.05. The second-order valence-corrected chi connectivity index (χ2v) is 5.05. The van der Waals surface area contributed by atoms with Gasteiger partial charge in [0.1, 0.15) is 5.75 Å². The molecule has 1 aromatic carbocycles. The minimum absolute atomic E-state index is 0.674. The maximum atomic E-state index is 5.46. The summed E-state index contributed by atoms with van der Waals surface area (Å²) in [6, 6.07) is 8.58. The summed E-state index contributed by atoms with van der Waals surface area (Å²) in [7, 11) is 3.91. The molecular weight excluding hydrogens is 224 g/mol. The van der Waals surface area contributed by atoms with E-state index in [9.17, 15) is 0 Å². The number of hydrogen-bond acceptors (Lipinski definition) is 2. The SMILES string of the molecule is COc1cccc2c1cc(C1CCNCC1)n2C. The number of benzene rings is 1. The zero-order valence-electron chi connectivity index (χ0n) is 11.1. The molecule has 0 spiro atoms. The highest BCUT2D eigenvalue weighted by molar-refractivity contribution is 5.87. The lowest BCUT2D eigenvalue weighted by molar-refractivity contribution is 0.420. The van der Waals surface area contributed by atoms with Crippen molar-refractivity contribution in [2.75, 3.05) is 20.2 Å². The molecule has 18 heavy (non-hydrogen) atoms. The third-order valence-electron chi connectivity index (χ3n) is 4.06. The van der Waals surface area contributed by atoms with Crippen molar-refractivity contribution in [1.29, 1.82) is 0 Å². The second kappa shape index (κ2) is 4.65. The van der Waals surface area contributed by atoms with Gasteiger partial charge >= 0.3 is 0 Å². The van der Waals surface area contributed by atoms with Crippen molar-refractivity contribution in [3.63, 3.8) is 0 Å². The highest BCUT2D eigenvalue weighted by atomic mass is 16.5. The third kappa shape index (κ3) is 1.79. The van der Waals surface area contributed by atoms with Crippen molar-refractivity contribution in [2.24, 2.45) is 7.05 Å². The number of piperidine rings is 1. The lowest BCUT2D eigenvalue weighted by Crippen LogP contribution is -2.27. The molecule has 3 rings (SSSR count). The van der Waals surface area contributed by atoms with Crippen LogP contribution >= 0.6 is 0 Å². The number of aryl methyl sites for hydroxylation is 1. The molecule has 1 fully saturated rings. The van der Waals surface area contributed by atoms with Gasteiger partial charge in [-0.3, -0.25) is 0 Å². The quantitative estimate of drug-likeness (QED) is 0.879. The van der Waals surface area contributed by atoms with E-state index in [0.717, 1.165) is 18.8 Å². The van der Waals surface area contributed by atoms with Gasteiger partial charge in [-0.1, -0.05) is 6.07 Å². The number of nitrogens with zero attached hydrogens (tertiary/aromatic N) is 1. The monoisotopic (exact) mass is 244 g/mol. The molecule has 2 heterocycles. The Morgan fingerprint density at radius 3 is 2.78 bits per heavy atom. The highest BCUT2D eigenvalue weighted by Gasteiger charge is 2.20. The maximum Gasteiger partial charge on any atom is 0.128 e. The molecule has 0 aliphatic carbocycles. The molecule has 1 saturated heterocycles. The average Bonchev–Trinajstić information content (AvgIpc) is 2.77. The number of fused-ring (bicyclic) bond motifs is 1. The van der Waals surface area contributed by atoms with Crippen LogP contribution < -0.4 is 10.1 Å². The number of hydrogen-bond donors (Lipinski definition) is 1. The molecule has 1 N–H and O–H groups in total. The van der Waals surface area contributed by atoms with Crippen LogP contribution in [0.15, 0.2) is 24.3 Å². The summed E-state index contributed by atoms with van der Waals surface area (Å²) in [5.74, 6) is 1.65. The van der Waals surface area contributed by atoms with Crippen LogP contribution in [0.1, 0.15) is 24.5 Å². The van der Waals surface area contributed by atoms with E-state index in [2.05, 4.69) is 35.1 Å². The summed E-state index contributed by atoms with van der Waals surface area (Å²) < 4.78 is 7.78. The average molecular weight is 244 g/mol. The van der Waals surface area contributed by atoms with Crippen molar-refractivity contribution in [2.45, 2.75) is 18.8 Å². The molecule has 96 valence electrons. The molecule has 3 nitrogen and oxygen atoms in total. The van der Waals surface area contributed by atoms with E-state index in [4.69, 9.17) is 4.74 Å². The van der Waals surface area contributed by atoms with E-state index < -0.39 is 0 Å². The molecule has 0 saturated carbocycles. The van der Waals surface area contributed by atoms with Gasteiger partial charge in [-0.15, -0.1) is 0 Å². The molecule has 0 atom stereocenters. The largest absolute Gasteiger partial charge is 0.496 e. The van der Waals surface area contributed by atoms with Crippen LogP contribution in [-0.4, -0.2) is 24.8 Å². The normalized spacial score (nSPS) is 17.2. The van der Waals surface area contributed by atoms with Crippen LogP contribution in [0.5, 0.6) is 5.75 Å². The fourth-order valence-electron chi connectivity index (χ4n) is 3.04. The van der Waals surface area contributed by atoms with Crippen molar-refractivity contribution in [3.05, 3.63) is 30.0 Å². The summed E-state index contributed by atoms with van der Waals surface area (Å²) in [6.45, 7) is 2.26. The summed E-state index contributed by atoms with van der Waals surface area (Å²) in [5.41, 5.74) is 2.71. The first-order valence-corrected chi connectivity index (χ1v) is 6.64. The maximum absolute atomic E-state index is 5.46. The molecular formula is C15H20N2O. The lowest BCUT2D eigenvalue weighted by atomic mass is 9.94. The fraction of sp³-hybridized carbons (Fsp3) is 0.467. The Balaban J connectivity index is 2.09. The minimum atomic E-state index is 0.674. The van der Waals surface area contributed by atoms with E-state index in [1.807, 2.05) is 6.07 Å². The molecule has 1 aliphatic rings. The molecule has 3 heteroatoms. The van der Waals surface area contributed by atoms with Gasteiger partial charge in [0, 0.05) is 24.0 Å². The summed E-state index contributed by atoms with van der Waals surface area (Å²) >= 11 is 0. The predicted octanol–water partition coefficient (Wildman–Crippen LogP) is 2.65. The molecule has 1 aromatic heterocycles. The van der Waals surface area contributed by atoms with E-state index in [1.54, 1.807) is 7.11 Å². The molecule has 1 aliphatic heterocycles. The van der Waals surface area contributed by atoms with Crippen LogP contribution in [0.3, 0.4) is 0 Å². The highest BCUT2D eigenvalue weighted by Crippen LogP contribution is 2.33. The van der Waals surface area contributed by atoms with Gasteiger partial charge in [-0.05, 0) is 44.1 Å². The standard InChI is InChI=1S/C15H20N2O/c1-17-13-4-3-5-15(18-2)12(13)10-14(17)11-6-8-16-9-7-11/h3-5,10-11,16H,6-9H2,1-2H3. The topological polar surface area (TPSA) is 26.2 Å². The Morgan fingerprint density at radius 1 is 1.28 bits per heavy atom. The van der Waals surface area contributed by atoms with Crippen molar-refractivity contribution in [1.82, 2.24) is 9.88 Å². The first kappa shape index (κ1) is 11.6. The van der Waals surface area contributed by atoms with Gasteiger partial charge < -0.3 is 14.6 Å². The summed E-state index contributed by atoms with van der Waals surface area (Å²) in [5, 5.41) is 4.66. The Bertz CT molecular complexity index is 553. The molecule has 0 amide bonds. The lowest BCUT2D eigenvalue weighted by Gasteiger charge is -2.23. The smallest absolute Gasteiger partial charge is 0.128 e. The van der Waals surface area contributed by atoms with Crippen molar-refractivity contribution >= 4 is 10.9 Å². The van der Waals surface area contributed by atoms with Gasteiger partial charge in [0.15, 0.2) is 0 Å². The van der Waals surface area contributed by atoms with Gasteiger partial charge in [0.25, 0.3) is 0 Å². The van der Waals surface area contributed by atoms with Crippen molar-refractivity contribution in [3.8, 4) is 5.75 Å². The number of aromatic nitrogens is 1. The van der Waals surface area contributed by atoms with Crippen LogP contribution in [0, 0.1) is 0 Å². The first-order valence-electron chi connectivity index (χ1n) is 6.64. The van der Waals surface area contributed by atoms with Gasteiger partial charge in [-0.2, -0.15) is 0 Å². The number of ether oxygens (including phenoxy) is 1. The third-order valence-corrected chi connectivity index (χ3v) is 4.06. The van der Waals surface area contributed by atoms with Gasteiger partial charge in [0.2, 0.25) is 0 Å². The molecule has 0 bridgehead atoms. The summed E-state index contributed by atoms with van der Waals surface area (Å²) in [4.78, 5) is 0. The number of rotatable bonds is 2. The molecule has 2 aromatic rings. The van der Waals surface area contributed by atoms with Gasteiger partial charge in [0.05, 0.1) is 12.6 Å². The summed E-state index contributed by atoms with van der Waals surface area (Å²) in [6.07, 6.45) is 2.46. The van der Waals surface area contributed by atoms with E-state index in [1.165, 1.54) is 29.4 Å². The Labute approximate surface area is 108 Å². The van der Waals surface area contributed by atoms with Crippen molar-refractivity contribution < 1.29 is 4.74 Å². The van der Waals surface area contributed by atoms with Crippen LogP contribution in [0.25, 0.3) is 10.9 Å².